The van der Waals surface area contributed by atoms with Crippen molar-refractivity contribution in [3.05, 3.63) is 0 Å². The van der Waals surface area contributed by atoms with Crippen LogP contribution in [0.3, 0.4) is 0 Å². The Labute approximate surface area is 345 Å². The fraction of sp³-hybridized carbons (Fsp3) is 0.800. The van der Waals surface area contributed by atoms with Crippen molar-refractivity contribution in [3.8, 4) is 0 Å². The lowest BCUT2D eigenvalue weighted by molar-refractivity contribution is -0.384. The fourth-order valence-electron chi connectivity index (χ4n) is 5.34. The van der Waals surface area contributed by atoms with Crippen LogP contribution in [0.15, 0.2) is 0 Å². The molecular formula is C40H62O19. The molecule has 336 valence electrons. The molecule has 0 amide bonds. The van der Waals surface area contributed by atoms with E-state index in [4.69, 9.17) is 52.1 Å². The second kappa shape index (κ2) is 22.3. The van der Waals surface area contributed by atoms with Gasteiger partial charge in [0.25, 0.3) is 0 Å². The van der Waals surface area contributed by atoms with Crippen molar-refractivity contribution in [2.24, 2.45) is 35.5 Å². The summed E-state index contributed by atoms with van der Waals surface area (Å²) >= 11 is 0. The van der Waals surface area contributed by atoms with E-state index in [2.05, 4.69) is 0 Å². The van der Waals surface area contributed by atoms with E-state index in [-0.39, 0.29) is 0 Å². The van der Waals surface area contributed by atoms with E-state index in [1.165, 1.54) is 55.4 Å². The molecule has 9 atom stereocenters. The largest absolute Gasteiger partial charge is 0.463 e. The standard InChI is InChI=1S/C40H62O19/c1-18(2)33(43)49-15-26-28(54-35(45)20(5)6)30(56-37(47)22(9)10)31(52-25(14)42)39(53-26)59-40(17-51-24(13)41)32(57-38(48)23(11)12)29(55-36(46)21(7)8)27(58-40)16-50-34(44)19(3)4/h18-23,26-32,39H,15-17H2,1-14H3/t26-,27-,28-,29-,30+,31-,32+,39-,40-/m1/s1. The van der Waals surface area contributed by atoms with Crippen LogP contribution in [0.2, 0.25) is 0 Å². The second-order valence-corrected chi connectivity index (χ2v) is 16.2. The second-order valence-electron chi connectivity index (χ2n) is 16.2. The summed E-state index contributed by atoms with van der Waals surface area (Å²) in [5, 5.41) is 0. The van der Waals surface area contributed by atoms with Crippen LogP contribution >= 0.6 is 0 Å². The molecule has 2 fully saturated rings. The minimum atomic E-state index is -2.54. The Morgan fingerprint density at radius 1 is 0.458 bits per heavy atom. The van der Waals surface area contributed by atoms with E-state index in [9.17, 15) is 38.4 Å². The molecule has 59 heavy (non-hydrogen) atoms. The Kier molecular flexibility index (Phi) is 19.2. The first-order chi connectivity index (χ1) is 27.3. The van der Waals surface area contributed by atoms with Gasteiger partial charge in [-0.25, -0.2) is 0 Å². The van der Waals surface area contributed by atoms with Gasteiger partial charge in [0.05, 0.1) is 35.5 Å². The van der Waals surface area contributed by atoms with E-state index in [1.807, 2.05) is 0 Å². The smallest absolute Gasteiger partial charge is 0.308 e. The van der Waals surface area contributed by atoms with Gasteiger partial charge in [0.15, 0.2) is 30.5 Å². The molecule has 0 bridgehead atoms. The number of carbonyl (C=O) groups is 8. The van der Waals surface area contributed by atoms with Crippen LogP contribution in [0.1, 0.15) is 96.9 Å². The number of ether oxygens (including phenoxy) is 11. The van der Waals surface area contributed by atoms with Crippen molar-refractivity contribution in [2.45, 2.75) is 152 Å². The highest BCUT2D eigenvalue weighted by molar-refractivity contribution is 5.75. The number of hydrogen-bond acceptors (Lipinski definition) is 19. The van der Waals surface area contributed by atoms with Crippen LogP contribution in [0.25, 0.3) is 0 Å². The summed E-state index contributed by atoms with van der Waals surface area (Å²) in [6.07, 6.45) is -13.5. The molecular weight excluding hydrogens is 784 g/mol. The maximum Gasteiger partial charge on any atom is 0.308 e. The molecule has 0 spiro atoms. The van der Waals surface area contributed by atoms with E-state index in [0.717, 1.165) is 13.8 Å². The Hall–Kier alpha value is -4.36. The predicted molar refractivity (Wildman–Crippen MR) is 200 cm³/mol. The van der Waals surface area contributed by atoms with Gasteiger partial charge in [0.1, 0.15) is 32.0 Å². The summed E-state index contributed by atoms with van der Waals surface area (Å²) in [5.41, 5.74) is 0. The average Bonchev–Trinajstić information content (AvgIpc) is 3.40. The first-order valence-electron chi connectivity index (χ1n) is 19.8. The van der Waals surface area contributed by atoms with Gasteiger partial charge in [-0.2, -0.15) is 0 Å². The quantitative estimate of drug-likeness (QED) is 0.134. The van der Waals surface area contributed by atoms with Crippen molar-refractivity contribution in [3.63, 3.8) is 0 Å². The highest BCUT2D eigenvalue weighted by Crippen LogP contribution is 2.42. The van der Waals surface area contributed by atoms with Gasteiger partial charge in [-0.05, 0) is 0 Å². The third-order valence-corrected chi connectivity index (χ3v) is 8.74. The zero-order valence-corrected chi connectivity index (χ0v) is 36.5. The molecule has 0 aromatic rings. The highest BCUT2D eigenvalue weighted by Gasteiger charge is 2.65. The Morgan fingerprint density at radius 3 is 1.29 bits per heavy atom. The first-order valence-corrected chi connectivity index (χ1v) is 19.8. The van der Waals surface area contributed by atoms with E-state index < -0.39 is 158 Å². The molecule has 19 nitrogen and oxygen atoms in total. The van der Waals surface area contributed by atoms with E-state index >= 15 is 0 Å². The lowest BCUT2D eigenvalue weighted by atomic mass is 9.97. The van der Waals surface area contributed by atoms with Crippen molar-refractivity contribution >= 4 is 47.8 Å². The van der Waals surface area contributed by atoms with Gasteiger partial charge in [-0.3, -0.25) is 38.4 Å². The van der Waals surface area contributed by atoms with Crippen LogP contribution in [-0.4, -0.2) is 122 Å². The van der Waals surface area contributed by atoms with Crippen LogP contribution < -0.4 is 0 Å². The molecule has 2 aliphatic heterocycles. The van der Waals surface area contributed by atoms with Crippen molar-refractivity contribution < 1.29 is 90.5 Å². The first kappa shape index (κ1) is 50.8. The topological polar surface area (TPSA) is 238 Å². The number of rotatable bonds is 19. The lowest BCUT2D eigenvalue weighted by Gasteiger charge is -2.47. The highest BCUT2D eigenvalue weighted by atomic mass is 16.8. The molecule has 0 N–H and O–H groups in total. The van der Waals surface area contributed by atoms with Gasteiger partial charge in [0, 0.05) is 13.8 Å². The summed E-state index contributed by atoms with van der Waals surface area (Å²) in [6, 6.07) is 0. The van der Waals surface area contributed by atoms with Crippen LogP contribution in [0, 0.1) is 35.5 Å². The molecule has 0 aromatic heterocycles. The van der Waals surface area contributed by atoms with Crippen molar-refractivity contribution in [1.82, 2.24) is 0 Å². The van der Waals surface area contributed by atoms with E-state index in [1.54, 1.807) is 27.7 Å². The van der Waals surface area contributed by atoms with Gasteiger partial charge in [-0.1, -0.05) is 83.1 Å². The number of carbonyl (C=O) groups excluding carboxylic acids is 8. The van der Waals surface area contributed by atoms with Gasteiger partial charge in [-0.15, -0.1) is 0 Å². The number of esters is 8. The molecule has 0 aliphatic carbocycles. The molecule has 2 saturated heterocycles. The van der Waals surface area contributed by atoms with Crippen LogP contribution in [0.4, 0.5) is 0 Å². The summed E-state index contributed by atoms with van der Waals surface area (Å²) in [7, 11) is 0. The normalized spacial score (nSPS) is 26.8. The maximum atomic E-state index is 13.4. The third kappa shape index (κ3) is 14.4. The summed E-state index contributed by atoms with van der Waals surface area (Å²) in [4.78, 5) is 104. The SMILES string of the molecule is CC(=O)OC[C@]1(O[C@H]2O[C@H](COC(=O)C(C)C)[C@@H](OC(=O)C(C)C)[C@H](OC(=O)C(C)C)[C@H]2OC(C)=O)O[C@H](COC(=O)C(C)C)[C@@H](OC(=O)C(C)C)[C@@H]1OC(=O)C(C)C. The molecule has 0 aromatic carbocycles. The maximum absolute atomic E-state index is 13.4. The average molecular weight is 847 g/mol. The molecule has 0 radical (unpaired) electrons. The van der Waals surface area contributed by atoms with Crippen molar-refractivity contribution in [1.29, 1.82) is 0 Å². The molecule has 19 heteroatoms. The van der Waals surface area contributed by atoms with E-state index in [0.29, 0.717) is 0 Å². The summed E-state index contributed by atoms with van der Waals surface area (Å²) < 4.78 is 64.7. The minimum absolute atomic E-state index is 0.595. The van der Waals surface area contributed by atoms with Crippen LogP contribution in [-0.2, 0) is 90.5 Å². The van der Waals surface area contributed by atoms with Gasteiger partial charge < -0.3 is 52.1 Å². The molecule has 2 rings (SSSR count). The molecule has 0 unspecified atom stereocenters. The fourth-order valence-corrected chi connectivity index (χ4v) is 5.34. The Morgan fingerprint density at radius 2 is 0.864 bits per heavy atom. The van der Waals surface area contributed by atoms with Crippen molar-refractivity contribution in [2.75, 3.05) is 19.8 Å². The molecule has 2 heterocycles. The Bertz CT molecular complexity index is 1500. The zero-order chi connectivity index (χ0) is 45.1. The zero-order valence-electron chi connectivity index (χ0n) is 36.5. The summed E-state index contributed by atoms with van der Waals surface area (Å²) in [6.45, 7) is 18.5. The number of hydrogen-bond donors (Lipinski definition) is 0. The monoisotopic (exact) mass is 846 g/mol. The summed E-state index contributed by atoms with van der Waals surface area (Å²) in [5.74, 6) is -13.2. The van der Waals surface area contributed by atoms with Gasteiger partial charge >= 0.3 is 47.8 Å². The Balaban J connectivity index is 2.98. The third-order valence-electron chi connectivity index (χ3n) is 8.74. The predicted octanol–water partition coefficient (Wildman–Crippen LogP) is 2.99. The van der Waals surface area contributed by atoms with Gasteiger partial charge in [0.2, 0.25) is 12.1 Å². The van der Waals surface area contributed by atoms with Crippen LogP contribution in [0.5, 0.6) is 0 Å². The minimum Gasteiger partial charge on any atom is -0.463 e. The molecule has 2 aliphatic rings. The molecule has 0 saturated carbocycles. The lowest BCUT2D eigenvalue weighted by Crippen LogP contribution is -2.66.